The first kappa shape index (κ1) is 36.5. The second-order valence-corrected chi connectivity index (χ2v) is 13.8. The number of carbonyl (C=O) groups excluding carboxylic acids is 2. The van der Waals surface area contributed by atoms with Crippen molar-refractivity contribution in [2.45, 2.75) is 26.7 Å². The summed E-state index contributed by atoms with van der Waals surface area (Å²) in [5.74, 6) is 3.31. The van der Waals surface area contributed by atoms with Crippen LogP contribution < -0.4 is 28.4 Å². The minimum absolute atomic E-state index is 0.412. The Bertz CT molecular complexity index is 2600. The van der Waals surface area contributed by atoms with E-state index >= 15 is 0 Å². The van der Waals surface area contributed by atoms with E-state index in [1.54, 1.807) is 40.6 Å². The molecule has 0 spiro atoms. The van der Waals surface area contributed by atoms with E-state index in [1.165, 1.54) is 14.2 Å². The monoisotopic (exact) mass is 793 g/mol. The quantitative estimate of drug-likeness (QED) is 0.0985. The van der Waals surface area contributed by atoms with Crippen LogP contribution in [-0.2, 0) is 12.8 Å². The van der Waals surface area contributed by atoms with Gasteiger partial charge < -0.3 is 43.4 Å². The first-order chi connectivity index (χ1) is 26.2. The average Bonchev–Trinajstić information content (AvgIpc) is 3.84. The zero-order valence-corrected chi connectivity index (χ0v) is 32.8. The molecule has 0 aliphatic rings. The summed E-state index contributed by atoms with van der Waals surface area (Å²) in [7, 11) is 9.55. The summed E-state index contributed by atoms with van der Waals surface area (Å²) in [5.41, 5.74) is 10.3. The number of benzene rings is 4. The van der Waals surface area contributed by atoms with Gasteiger partial charge in [-0.1, -0.05) is 28.1 Å². The molecule has 278 valence electrons. The van der Waals surface area contributed by atoms with Crippen molar-refractivity contribution in [3.63, 3.8) is 0 Å². The van der Waals surface area contributed by atoms with Crippen LogP contribution in [-0.4, -0.2) is 70.2 Å². The lowest BCUT2D eigenvalue weighted by Gasteiger charge is -2.14. The molecule has 0 saturated carbocycles. The van der Waals surface area contributed by atoms with Crippen LogP contribution >= 0.6 is 15.9 Å². The zero-order chi connectivity index (χ0) is 38.4. The zero-order valence-electron chi connectivity index (χ0n) is 31.3. The number of aromatic nitrogens is 3. The van der Waals surface area contributed by atoms with Gasteiger partial charge in [-0.15, -0.1) is 0 Å². The van der Waals surface area contributed by atoms with Crippen LogP contribution in [0.15, 0.2) is 46.9 Å². The number of methoxy groups -OCH3 is 6. The van der Waals surface area contributed by atoms with Crippen molar-refractivity contribution in [3.05, 3.63) is 91.8 Å². The number of rotatable bonds is 13. The Kier molecular flexibility index (Phi) is 9.80. The van der Waals surface area contributed by atoms with Gasteiger partial charge in [0.2, 0.25) is 0 Å². The highest BCUT2D eigenvalue weighted by atomic mass is 79.9. The van der Waals surface area contributed by atoms with E-state index in [1.807, 2.05) is 32.0 Å². The molecule has 0 amide bonds. The SMILES string of the molecule is COc1cc(OC)c2c(C)c(Cc3[nH]c4c(Cc5[nH]c6c(C=O)c(OC)cc(OC)c6c5C)c(OC)cc(OC)c4c3-c3ccc(Br)cc3)[nH]c2c1C=O. The number of ether oxygens (including phenoxy) is 6. The Hall–Kier alpha value is -5.88. The highest BCUT2D eigenvalue weighted by molar-refractivity contribution is 9.10. The van der Waals surface area contributed by atoms with Crippen LogP contribution in [0.25, 0.3) is 43.8 Å². The molecule has 0 atom stereocenters. The third-order valence-electron chi connectivity index (χ3n) is 10.4. The van der Waals surface area contributed by atoms with Crippen LogP contribution in [0.2, 0.25) is 0 Å². The van der Waals surface area contributed by atoms with Crippen molar-refractivity contribution in [1.82, 2.24) is 15.0 Å². The summed E-state index contributed by atoms with van der Waals surface area (Å²) >= 11 is 3.60. The Labute approximate surface area is 320 Å². The summed E-state index contributed by atoms with van der Waals surface area (Å²) in [5, 5.41) is 2.50. The number of fused-ring (bicyclic) bond motifs is 3. The maximum Gasteiger partial charge on any atom is 0.155 e. The van der Waals surface area contributed by atoms with E-state index in [9.17, 15) is 9.59 Å². The molecule has 3 heterocycles. The predicted molar refractivity (Wildman–Crippen MR) is 213 cm³/mol. The van der Waals surface area contributed by atoms with Crippen molar-refractivity contribution in [2.75, 3.05) is 42.7 Å². The number of nitrogens with one attached hydrogen (secondary N) is 3. The minimum atomic E-state index is 0.412. The van der Waals surface area contributed by atoms with Gasteiger partial charge in [-0.3, -0.25) is 9.59 Å². The lowest BCUT2D eigenvalue weighted by atomic mass is 9.95. The van der Waals surface area contributed by atoms with E-state index in [4.69, 9.17) is 28.4 Å². The number of hydrogen-bond acceptors (Lipinski definition) is 8. The molecular formula is C42H40BrN3O8. The Morgan fingerprint density at radius 1 is 0.537 bits per heavy atom. The number of aryl methyl sites for hydroxylation is 2. The number of halogens is 1. The Morgan fingerprint density at radius 2 is 0.963 bits per heavy atom. The summed E-state index contributed by atoms with van der Waals surface area (Å²) in [6.07, 6.45) is 2.46. The molecule has 0 fully saturated rings. The lowest BCUT2D eigenvalue weighted by Crippen LogP contribution is -1.99. The highest BCUT2D eigenvalue weighted by Gasteiger charge is 2.27. The molecule has 3 aromatic heterocycles. The van der Waals surface area contributed by atoms with Gasteiger partial charge in [0, 0.05) is 74.5 Å². The van der Waals surface area contributed by atoms with Gasteiger partial charge in [0.05, 0.1) is 75.7 Å². The molecule has 4 aromatic carbocycles. The van der Waals surface area contributed by atoms with E-state index < -0.39 is 0 Å². The molecule has 0 bridgehead atoms. The van der Waals surface area contributed by atoms with Gasteiger partial charge in [0.25, 0.3) is 0 Å². The summed E-state index contributed by atoms with van der Waals surface area (Å²) in [4.78, 5) is 35.6. The topological polar surface area (TPSA) is 137 Å². The van der Waals surface area contributed by atoms with Gasteiger partial charge in [0.1, 0.15) is 34.5 Å². The first-order valence-electron chi connectivity index (χ1n) is 17.1. The van der Waals surface area contributed by atoms with Crippen LogP contribution in [0.3, 0.4) is 0 Å². The molecule has 3 N–H and O–H groups in total. The average molecular weight is 795 g/mol. The van der Waals surface area contributed by atoms with E-state index in [2.05, 4.69) is 43.0 Å². The van der Waals surface area contributed by atoms with E-state index in [0.29, 0.717) is 69.5 Å². The molecule has 0 radical (unpaired) electrons. The Morgan fingerprint density at radius 3 is 1.43 bits per heavy atom. The largest absolute Gasteiger partial charge is 0.496 e. The number of aldehydes is 2. The molecule has 54 heavy (non-hydrogen) atoms. The van der Waals surface area contributed by atoms with Crippen LogP contribution in [0, 0.1) is 13.8 Å². The van der Waals surface area contributed by atoms with Crippen molar-refractivity contribution in [1.29, 1.82) is 0 Å². The third kappa shape index (κ3) is 5.72. The lowest BCUT2D eigenvalue weighted by molar-refractivity contribution is 0.111. The second kappa shape index (κ2) is 14.5. The van der Waals surface area contributed by atoms with Gasteiger partial charge >= 0.3 is 0 Å². The number of carbonyl (C=O) groups is 2. The van der Waals surface area contributed by atoms with Crippen molar-refractivity contribution in [2.24, 2.45) is 0 Å². The van der Waals surface area contributed by atoms with Crippen LogP contribution in [0.5, 0.6) is 34.5 Å². The normalized spacial score (nSPS) is 11.4. The van der Waals surface area contributed by atoms with Gasteiger partial charge in [-0.2, -0.15) is 0 Å². The maximum atomic E-state index is 12.4. The van der Waals surface area contributed by atoms with Gasteiger partial charge in [-0.25, -0.2) is 0 Å². The summed E-state index contributed by atoms with van der Waals surface area (Å²) in [6, 6.07) is 13.6. The molecule has 0 unspecified atom stereocenters. The minimum Gasteiger partial charge on any atom is -0.496 e. The fraction of sp³-hybridized carbons (Fsp3) is 0.238. The molecule has 7 aromatic rings. The molecule has 0 aliphatic heterocycles. The highest BCUT2D eigenvalue weighted by Crippen LogP contribution is 2.47. The van der Waals surface area contributed by atoms with Crippen LogP contribution in [0.1, 0.15) is 54.5 Å². The fourth-order valence-corrected chi connectivity index (χ4v) is 7.97. The molecule has 7 rings (SSSR count). The number of aromatic amines is 3. The molecule has 0 saturated heterocycles. The fourth-order valence-electron chi connectivity index (χ4n) is 7.71. The Balaban J connectivity index is 1.50. The maximum absolute atomic E-state index is 12.4. The summed E-state index contributed by atoms with van der Waals surface area (Å²) < 4.78 is 35.7. The van der Waals surface area contributed by atoms with Crippen molar-refractivity contribution in [3.8, 4) is 45.6 Å². The second-order valence-electron chi connectivity index (χ2n) is 12.9. The molecule has 0 aliphatic carbocycles. The van der Waals surface area contributed by atoms with Gasteiger partial charge in [0.15, 0.2) is 12.6 Å². The van der Waals surface area contributed by atoms with Crippen LogP contribution in [0.4, 0.5) is 0 Å². The van der Waals surface area contributed by atoms with Crippen molar-refractivity contribution < 1.29 is 38.0 Å². The van der Waals surface area contributed by atoms with E-state index in [-0.39, 0.29) is 0 Å². The standard InChI is InChI=1S/C42H40BrN3O8/c1-20-27(44-41-25(18-47)31(50-4)16-33(52-6)36(20)41)13-24-30(49-3)15-35(54-8)39-38(22-9-11-23(43)12-10-22)29(46-40(24)39)14-28-21(2)37-34(53-7)17-32(51-5)26(19-48)42(37)45-28/h9-12,15-19,44-46H,13-14H2,1-8H3. The molecule has 11 nitrogen and oxygen atoms in total. The van der Waals surface area contributed by atoms with Crippen molar-refractivity contribution >= 4 is 61.2 Å². The predicted octanol–water partition coefficient (Wildman–Crippen LogP) is 9.04. The summed E-state index contributed by atoms with van der Waals surface area (Å²) in [6.45, 7) is 4.03. The first-order valence-corrected chi connectivity index (χ1v) is 17.9. The molecule has 12 heteroatoms. The number of hydrogen-bond donors (Lipinski definition) is 3. The third-order valence-corrected chi connectivity index (χ3v) is 10.9. The van der Waals surface area contributed by atoms with Gasteiger partial charge in [-0.05, 0) is 42.7 Å². The molecular weight excluding hydrogens is 754 g/mol. The number of H-pyrrole nitrogens is 3. The smallest absolute Gasteiger partial charge is 0.155 e. The van der Waals surface area contributed by atoms with E-state index in [0.717, 1.165) is 83.6 Å².